The second-order valence-corrected chi connectivity index (χ2v) is 4.88. The molecule has 2 aromatic rings. The Kier molecular flexibility index (Phi) is 4.24. The van der Waals surface area contributed by atoms with Crippen molar-refractivity contribution in [1.82, 2.24) is 9.97 Å². The lowest BCUT2D eigenvalue weighted by Crippen LogP contribution is -2.13. The lowest BCUT2D eigenvalue weighted by Gasteiger charge is -2.08. The molecule has 98 valence electrons. The van der Waals surface area contributed by atoms with E-state index in [-0.39, 0.29) is 16.2 Å². The number of nitrogens with zero attached hydrogens (tertiary/aromatic N) is 2. The number of aryl methyl sites for hydroxylation is 1. The fourth-order valence-corrected chi connectivity index (χ4v) is 2.10. The maximum atomic E-state index is 12.0. The number of halogens is 3. The summed E-state index contributed by atoms with van der Waals surface area (Å²) in [4.78, 5) is 19.9. The second kappa shape index (κ2) is 5.74. The summed E-state index contributed by atoms with van der Waals surface area (Å²) in [6.07, 6.45) is 0. The second-order valence-electron chi connectivity index (χ2n) is 3.72. The predicted octanol–water partition coefficient (Wildman–Crippen LogP) is 4.00. The number of aromatic nitrogens is 2. The average molecular weight is 317 g/mol. The molecule has 0 saturated heterocycles. The monoisotopic (exact) mass is 315 g/mol. The summed E-state index contributed by atoms with van der Waals surface area (Å²) >= 11 is 17.2. The Balaban J connectivity index is 2.25. The quantitative estimate of drug-likeness (QED) is 0.852. The first kappa shape index (κ1) is 14.1. The molecule has 0 radical (unpaired) electrons. The number of hydrogen-bond donors (Lipinski definition) is 1. The third-order valence-corrected chi connectivity index (χ3v) is 2.92. The number of rotatable bonds is 2. The molecule has 0 aliphatic rings. The summed E-state index contributed by atoms with van der Waals surface area (Å²) in [5.41, 5.74) is 1.50. The summed E-state index contributed by atoms with van der Waals surface area (Å²) in [7, 11) is 0. The van der Waals surface area contributed by atoms with Crippen molar-refractivity contribution in [3.63, 3.8) is 0 Å². The van der Waals surface area contributed by atoms with Crippen LogP contribution in [0.5, 0.6) is 0 Å². The van der Waals surface area contributed by atoms with Crippen LogP contribution in [0.15, 0.2) is 24.3 Å². The lowest BCUT2D eigenvalue weighted by atomic mass is 10.2. The highest BCUT2D eigenvalue weighted by atomic mass is 35.5. The van der Waals surface area contributed by atoms with Gasteiger partial charge in [-0.1, -0.05) is 34.8 Å². The molecule has 0 fully saturated rings. The van der Waals surface area contributed by atoms with Crippen LogP contribution < -0.4 is 5.32 Å². The zero-order chi connectivity index (χ0) is 14.0. The fraction of sp³-hybridized carbons (Fsp3) is 0.0833. The van der Waals surface area contributed by atoms with E-state index < -0.39 is 0 Å². The van der Waals surface area contributed by atoms with Gasteiger partial charge >= 0.3 is 0 Å². The number of carbonyl (C=O) groups excluding carboxylic acids is 1. The summed E-state index contributed by atoms with van der Waals surface area (Å²) < 4.78 is 0. The van der Waals surface area contributed by atoms with Crippen molar-refractivity contribution in [2.75, 3.05) is 5.32 Å². The minimum atomic E-state index is -0.349. The molecule has 0 spiro atoms. The van der Waals surface area contributed by atoms with Crippen LogP contribution >= 0.6 is 34.8 Å². The SMILES string of the molecule is Cc1nc(Cl)ccc1NC(=O)c1cc(Cl)nc(Cl)c1. The van der Waals surface area contributed by atoms with Crippen molar-refractivity contribution in [2.24, 2.45) is 0 Å². The number of hydrogen-bond acceptors (Lipinski definition) is 3. The largest absolute Gasteiger partial charge is 0.320 e. The van der Waals surface area contributed by atoms with E-state index in [2.05, 4.69) is 15.3 Å². The van der Waals surface area contributed by atoms with Crippen LogP contribution in [0.25, 0.3) is 0 Å². The number of amides is 1. The average Bonchev–Trinajstić information content (AvgIpc) is 2.31. The van der Waals surface area contributed by atoms with E-state index in [0.717, 1.165) is 0 Å². The van der Waals surface area contributed by atoms with E-state index in [1.54, 1.807) is 19.1 Å². The Morgan fingerprint density at radius 3 is 2.26 bits per heavy atom. The van der Waals surface area contributed by atoms with E-state index in [9.17, 15) is 4.79 Å². The van der Waals surface area contributed by atoms with Crippen LogP contribution in [0.1, 0.15) is 16.1 Å². The molecule has 2 aromatic heterocycles. The van der Waals surface area contributed by atoms with Gasteiger partial charge in [-0.15, -0.1) is 0 Å². The molecule has 0 saturated carbocycles. The van der Waals surface area contributed by atoms with Gasteiger partial charge in [0.25, 0.3) is 5.91 Å². The molecule has 0 bridgehead atoms. The molecule has 2 heterocycles. The van der Waals surface area contributed by atoms with Crippen molar-refractivity contribution in [3.05, 3.63) is 51.0 Å². The number of pyridine rings is 2. The van der Waals surface area contributed by atoms with E-state index >= 15 is 0 Å². The Morgan fingerprint density at radius 2 is 1.68 bits per heavy atom. The molecule has 1 N–H and O–H groups in total. The fourth-order valence-electron chi connectivity index (χ4n) is 1.45. The van der Waals surface area contributed by atoms with Gasteiger partial charge in [0.2, 0.25) is 0 Å². The van der Waals surface area contributed by atoms with Crippen molar-refractivity contribution in [1.29, 1.82) is 0 Å². The molecule has 7 heteroatoms. The topological polar surface area (TPSA) is 54.9 Å². The smallest absolute Gasteiger partial charge is 0.255 e. The molecule has 0 atom stereocenters. The van der Waals surface area contributed by atoms with Gasteiger partial charge in [-0.3, -0.25) is 4.79 Å². The molecule has 2 rings (SSSR count). The first-order chi connectivity index (χ1) is 8.95. The Morgan fingerprint density at radius 1 is 1.05 bits per heavy atom. The van der Waals surface area contributed by atoms with Gasteiger partial charge < -0.3 is 5.32 Å². The third kappa shape index (κ3) is 3.56. The van der Waals surface area contributed by atoms with Crippen LogP contribution in [-0.2, 0) is 0 Å². The molecule has 4 nitrogen and oxygen atoms in total. The zero-order valence-corrected chi connectivity index (χ0v) is 12.0. The Bertz CT molecular complexity index is 626. The first-order valence-corrected chi connectivity index (χ1v) is 6.36. The minimum absolute atomic E-state index is 0.156. The molecule has 0 aliphatic carbocycles. The van der Waals surface area contributed by atoms with Gasteiger partial charge in [-0.25, -0.2) is 9.97 Å². The maximum Gasteiger partial charge on any atom is 0.255 e. The maximum absolute atomic E-state index is 12.0. The standard InChI is InChI=1S/C12H8Cl3N3O/c1-6-8(2-3-9(13)16-6)17-12(19)7-4-10(14)18-11(15)5-7/h2-5H,1H3,(H,17,19). The highest BCUT2D eigenvalue weighted by molar-refractivity contribution is 6.33. The van der Waals surface area contributed by atoms with Crippen molar-refractivity contribution >= 4 is 46.4 Å². The van der Waals surface area contributed by atoms with Gasteiger partial charge in [0.15, 0.2) is 0 Å². The molecule has 1 amide bonds. The van der Waals surface area contributed by atoms with Crippen LogP contribution in [0.2, 0.25) is 15.5 Å². The summed E-state index contributed by atoms with van der Waals surface area (Å²) in [5, 5.41) is 3.38. The van der Waals surface area contributed by atoms with Crippen LogP contribution in [-0.4, -0.2) is 15.9 Å². The molecule has 0 unspecified atom stereocenters. The zero-order valence-electron chi connectivity index (χ0n) is 9.75. The Labute approximate surface area is 124 Å². The molecule has 19 heavy (non-hydrogen) atoms. The third-order valence-electron chi connectivity index (χ3n) is 2.33. The number of nitrogens with one attached hydrogen (secondary N) is 1. The number of anilines is 1. The molecule has 0 aromatic carbocycles. The van der Waals surface area contributed by atoms with Gasteiger partial charge in [-0.2, -0.15) is 0 Å². The first-order valence-electron chi connectivity index (χ1n) is 5.23. The van der Waals surface area contributed by atoms with Gasteiger partial charge in [-0.05, 0) is 31.2 Å². The normalized spacial score (nSPS) is 10.3. The Hall–Kier alpha value is -1.36. The number of carbonyl (C=O) groups is 1. The van der Waals surface area contributed by atoms with E-state index in [1.165, 1.54) is 12.1 Å². The highest BCUT2D eigenvalue weighted by Crippen LogP contribution is 2.19. The summed E-state index contributed by atoms with van der Waals surface area (Å²) in [6.45, 7) is 1.74. The van der Waals surface area contributed by atoms with Gasteiger partial charge in [0, 0.05) is 5.56 Å². The predicted molar refractivity (Wildman–Crippen MR) is 76.2 cm³/mol. The van der Waals surface area contributed by atoms with E-state index in [4.69, 9.17) is 34.8 Å². The molecular weight excluding hydrogens is 309 g/mol. The summed E-state index contributed by atoms with van der Waals surface area (Å²) in [6, 6.07) is 6.13. The molecule has 0 aliphatic heterocycles. The minimum Gasteiger partial charge on any atom is -0.320 e. The van der Waals surface area contributed by atoms with E-state index in [0.29, 0.717) is 22.1 Å². The van der Waals surface area contributed by atoms with Crippen molar-refractivity contribution in [2.45, 2.75) is 6.92 Å². The van der Waals surface area contributed by atoms with Crippen LogP contribution in [0, 0.1) is 6.92 Å². The molecular formula is C12H8Cl3N3O. The van der Waals surface area contributed by atoms with Gasteiger partial charge in [0.1, 0.15) is 15.5 Å². The lowest BCUT2D eigenvalue weighted by molar-refractivity contribution is 0.102. The highest BCUT2D eigenvalue weighted by Gasteiger charge is 2.11. The summed E-state index contributed by atoms with van der Waals surface area (Å²) in [5.74, 6) is -0.349. The van der Waals surface area contributed by atoms with E-state index in [1.807, 2.05) is 0 Å². The van der Waals surface area contributed by atoms with Gasteiger partial charge in [0.05, 0.1) is 11.4 Å². The van der Waals surface area contributed by atoms with Crippen LogP contribution in [0.4, 0.5) is 5.69 Å². The van der Waals surface area contributed by atoms with Crippen molar-refractivity contribution in [3.8, 4) is 0 Å². The van der Waals surface area contributed by atoms with Crippen molar-refractivity contribution < 1.29 is 4.79 Å². The van der Waals surface area contributed by atoms with Crippen LogP contribution in [0.3, 0.4) is 0 Å².